The molecule has 1 amide bonds. The van der Waals surface area contributed by atoms with E-state index in [1.54, 1.807) is 12.3 Å². The van der Waals surface area contributed by atoms with Crippen LogP contribution in [0.3, 0.4) is 0 Å². The number of nitrogens with one attached hydrogen (secondary N) is 1. The normalized spacial score (nSPS) is 15.4. The monoisotopic (exact) mass is 435 g/mol. The predicted octanol–water partition coefficient (Wildman–Crippen LogP) is 3.51. The molecule has 0 saturated carbocycles. The van der Waals surface area contributed by atoms with E-state index in [9.17, 15) is 4.79 Å². The van der Waals surface area contributed by atoms with Crippen LogP contribution in [0.5, 0.6) is 0 Å². The number of piperidine rings is 1. The number of anilines is 1. The molecule has 158 valence electrons. The average molecular weight is 436 g/mol. The zero-order chi connectivity index (χ0) is 21.4. The van der Waals surface area contributed by atoms with Crippen molar-refractivity contribution in [3.8, 4) is 10.7 Å². The molecule has 9 nitrogen and oxygen atoms in total. The molecule has 0 aromatic carbocycles. The number of nitrogens with zero attached hydrogens (tertiary/aromatic N) is 6. The third-order valence-electron chi connectivity index (χ3n) is 5.38. The van der Waals surface area contributed by atoms with Gasteiger partial charge in [0.05, 0.1) is 5.52 Å². The first-order valence-corrected chi connectivity index (χ1v) is 10.9. The highest BCUT2D eigenvalue weighted by atomic mass is 32.1. The fourth-order valence-corrected chi connectivity index (χ4v) is 4.28. The van der Waals surface area contributed by atoms with Crippen molar-refractivity contribution in [2.24, 2.45) is 0 Å². The fourth-order valence-electron chi connectivity index (χ4n) is 3.62. The summed E-state index contributed by atoms with van der Waals surface area (Å²) < 4.78 is 5.60. The molecule has 1 saturated heterocycles. The second-order valence-corrected chi connectivity index (χ2v) is 8.87. The Morgan fingerprint density at radius 3 is 2.84 bits per heavy atom. The molecule has 5 heterocycles. The van der Waals surface area contributed by atoms with Gasteiger partial charge in [-0.15, -0.1) is 10.2 Å². The smallest absolute Gasteiger partial charge is 0.278 e. The van der Waals surface area contributed by atoms with Crippen molar-refractivity contribution in [2.45, 2.75) is 25.7 Å². The Hall–Kier alpha value is -3.24. The van der Waals surface area contributed by atoms with Gasteiger partial charge in [-0.05, 0) is 52.0 Å². The highest BCUT2D eigenvalue weighted by Gasteiger charge is 2.24. The van der Waals surface area contributed by atoms with Crippen molar-refractivity contribution in [1.82, 2.24) is 30.0 Å². The van der Waals surface area contributed by atoms with Crippen molar-refractivity contribution in [3.63, 3.8) is 0 Å². The molecule has 0 aliphatic carbocycles. The summed E-state index contributed by atoms with van der Waals surface area (Å²) in [6, 6.07) is 5.56. The van der Waals surface area contributed by atoms with Crippen LogP contribution >= 0.6 is 11.3 Å². The Balaban J connectivity index is 1.33. The van der Waals surface area contributed by atoms with Gasteiger partial charge in [-0.25, -0.2) is 15.0 Å². The lowest BCUT2D eigenvalue weighted by atomic mass is 9.97. The number of fused-ring (bicyclic) bond motifs is 1. The summed E-state index contributed by atoms with van der Waals surface area (Å²) in [4.78, 5) is 28.3. The predicted molar refractivity (Wildman–Crippen MR) is 117 cm³/mol. The van der Waals surface area contributed by atoms with Crippen LogP contribution < -0.4 is 5.32 Å². The molecule has 0 unspecified atom stereocenters. The molecule has 0 bridgehead atoms. The van der Waals surface area contributed by atoms with Crippen LogP contribution in [0.4, 0.5) is 5.82 Å². The van der Waals surface area contributed by atoms with E-state index in [2.05, 4.69) is 42.4 Å². The number of hydrogen-bond donors (Lipinski definition) is 1. The van der Waals surface area contributed by atoms with Gasteiger partial charge in [0, 0.05) is 23.6 Å². The van der Waals surface area contributed by atoms with E-state index in [0.29, 0.717) is 17.2 Å². The summed E-state index contributed by atoms with van der Waals surface area (Å²) in [7, 11) is 2.11. The fraction of sp³-hybridized carbons (Fsp3) is 0.333. The first-order chi connectivity index (χ1) is 15.0. The molecular formula is C21H21N7O2S. The van der Waals surface area contributed by atoms with Gasteiger partial charge in [0.2, 0.25) is 0 Å². The number of aromatic nitrogens is 5. The van der Waals surface area contributed by atoms with Gasteiger partial charge in [0.15, 0.2) is 16.6 Å². The number of pyridine rings is 2. The highest BCUT2D eigenvalue weighted by Crippen LogP contribution is 2.27. The van der Waals surface area contributed by atoms with Gasteiger partial charge in [0.1, 0.15) is 22.8 Å². The second kappa shape index (κ2) is 8.12. The summed E-state index contributed by atoms with van der Waals surface area (Å²) in [6.45, 7) is 3.91. The third-order valence-corrected chi connectivity index (χ3v) is 6.24. The van der Waals surface area contributed by atoms with Crippen molar-refractivity contribution in [1.29, 1.82) is 0 Å². The van der Waals surface area contributed by atoms with Crippen molar-refractivity contribution < 1.29 is 9.21 Å². The molecule has 1 aliphatic heterocycles. The molecule has 0 radical (unpaired) electrons. The lowest BCUT2D eigenvalue weighted by molar-refractivity contribution is 0.102. The maximum absolute atomic E-state index is 12.7. The second-order valence-electron chi connectivity index (χ2n) is 7.69. The van der Waals surface area contributed by atoms with Crippen LogP contribution in [0.2, 0.25) is 0 Å². The van der Waals surface area contributed by atoms with Crippen molar-refractivity contribution in [3.05, 3.63) is 47.3 Å². The number of aryl methyl sites for hydroxylation is 1. The maximum Gasteiger partial charge on any atom is 0.278 e. The summed E-state index contributed by atoms with van der Waals surface area (Å²) in [5.74, 6) is 0.927. The van der Waals surface area contributed by atoms with Gasteiger partial charge in [-0.2, -0.15) is 0 Å². The Morgan fingerprint density at radius 1 is 1.23 bits per heavy atom. The minimum atomic E-state index is -0.356. The summed E-state index contributed by atoms with van der Waals surface area (Å²) in [5.41, 5.74) is 1.70. The van der Waals surface area contributed by atoms with Gasteiger partial charge in [0.25, 0.3) is 5.91 Å². The number of amides is 1. The molecule has 0 spiro atoms. The lowest BCUT2D eigenvalue weighted by Crippen LogP contribution is -2.29. The first-order valence-electron chi connectivity index (χ1n) is 10.1. The number of hydrogen-bond acceptors (Lipinski definition) is 9. The summed E-state index contributed by atoms with van der Waals surface area (Å²) >= 11 is 1.48. The largest absolute Gasteiger partial charge is 0.448 e. The lowest BCUT2D eigenvalue weighted by Gasteiger charge is -2.26. The van der Waals surface area contributed by atoms with E-state index in [1.165, 1.54) is 17.6 Å². The van der Waals surface area contributed by atoms with E-state index < -0.39 is 0 Å². The summed E-state index contributed by atoms with van der Waals surface area (Å²) in [6.07, 6.45) is 5.05. The molecule has 0 atom stereocenters. The Labute approximate surface area is 182 Å². The average Bonchev–Trinajstić information content (AvgIpc) is 3.43. The molecule has 31 heavy (non-hydrogen) atoms. The van der Waals surface area contributed by atoms with Crippen LogP contribution in [-0.4, -0.2) is 56.1 Å². The molecule has 1 fully saturated rings. The van der Waals surface area contributed by atoms with E-state index in [1.807, 2.05) is 19.1 Å². The molecule has 1 N–H and O–H groups in total. The van der Waals surface area contributed by atoms with E-state index >= 15 is 0 Å². The first kappa shape index (κ1) is 19.7. The van der Waals surface area contributed by atoms with E-state index in [-0.39, 0.29) is 17.5 Å². The van der Waals surface area contributed by atoms with Crippen molar-refractivity contribution >= 4 is 34.0 Å². The molecule has 4 aromatic heterocycles. The minimum Gasteiger partial charge on any atom is -0.448 e. The topological polar surface area (TPSA) is 110 Å². The van der Waals surface area contributed by atoms with Gasteiger partial charge in [-0.3, -0.25) is 4.79 Å². The minimum absolute atomic E-state index is 0.252. The zero-order valence-electron chi connectivity index (χ0n) is 17.2. The van der Waals surface area contributed by atoms with Gasteiger partial charge >= 0.3 is 0 Å². The van der Waals surface area contributed by atoms with Gasteiger partial charge in [-0.1, -0.05) is 11.3 Å². The van der Waals surface area contributed by atoms with Crippen LogP contribution in [0.25, 0.3) is 21.6 Å². The van der Waals surface area contributed by atoms with Crippen LogP contribution in [0.1, 0.15) is 40.1 Å². The zero-order valence-corrected chi connectivity index (χ0v) is 18.0. The SMILES string of the molecule is Cc1nnc(-c2ccc3cnc(NC(=O)c4coc(C5CCN(C)CC5)n4)cc3n2)s1. The van der Waals surface area contributed by atoms with Crippen LogP contribution in [-0.2, 0) is 0 Å². The number of rotatable bonds is 4. The Kier molecular flexibility index (Phi) is 5.16. The third kappa shape index (κ3) is 4.17. The Morgan fingerprint density at radius 2 is 2.06 bits per heavy atom. The standard InChI is InChI=1S/C21H21N7O2S/c1-12-26-27-21(31-12)15-4-3-14-10-22-18(9-16(14)23-15)25-19(29)17-11-30-20(24-17)13-5-7-28(2)8-6-13/h3-4,9-11,13H,5-8H2,1-2H3,(H,22,25,29). The van der Waals surface area contributed by atoms with Crippen LogP contribution in [0, 0.1) is 6.92 Å². The van der Waals surface area contributed by atoms with E-state index in [4.69, 9.17) is 4.42 Å². The number of likely N-dealkylation sites (tertiary alicyclic amines) is 1. The van der Waals surface area contributed by atoms with Crippen molar-refractivity contribution in [2.75, 3.05) is 25.5 Å². The molecule has 10 heteroatoms. The molecular weight excluding hydrogens is 414 g/mol. The van der Waals surface area contributed by atoms with Crippen LogP contribution in [0.15, 0.2) is 35.1 Å². The molecule has 5 rings (SSSR count). The quantitative estimate of drug-likeness (QED) is 0.519. The maximum atomic E-state index is 12.7. The highest BCUT2D eigenvalue weighted by molar-refractivity contribution is 7.14. The number of carbonyl (C=O) groups is 1. The number of carbonyl (C=O) groups excluding carboxylic acids is 1. The number of oxazole rings is 1. The molecule has 4 aromatic rings. The van der Waals surface area contributed by atoms with Gasteiger partial charge < -0.3 is 14.6 Å². The van der Waals surface area contributed by atoms with E-state index in [0.717, 1.165) is 47.0 Å². The summed E-state index contributed by atoms with van der Waals surface area (Å²) in [5, 5.41) is 13.5. The Bertz CT molecular complexity index is 1240. The molecule has 1 aliphatic rings.